The van der Waals surface area contributed by atoms with Gasteiger partial charge in [0.15, 0.2) is 0 Å². The number of nitrogens with two attached hydrogens (primary N) is 2. The molecule has 2 fully saturated rings. The Morgan fingerprint density at radius 3 is 1.35 bits per heavy atom. The van der Waals surface area contributed by atoms with Crippen molar-refractivity contribution in [2.45, 2.75) is 113 Å². The molecule has 4 aromatic rings. The number of unbranched alkanes of at least 4 members (excludes halogenated alkanes) is 1. The molecule has 18 nitrogen and oxygen atoms in total. The van der Waals surface area contributed by atoms with E-state index in [1.807, 2.05) is 34.1 Å². The molecule has 2 saturated heterocycles. The van der Waals surface area contributed by atoms with Crippen molar-refractivity contribution in [1.82, 2.24) is 40.9 Å². The van der Waals surface area contributed by atoms with Crippen LogP contribution in [-0.2, 0) is 44.9 Å². The van der Waals surface area contributed by atoms with E-state index in [-0.39, 0.29) is 47.8 Å². The van der Waals surface area contributed by atoms with Gasteiger partial charge in [-0.2, -0.15) is 0 Å². The maximum Gasteiger partial charge on any atom is 0.314 e. The van der Waals surface area contributed by atoms with E-state index in [0.717, 1.165) is 133 Å². The summed E-state index contributed by atoms with van der Waals surface area (Å²) < 4.78 is 22.9. The first-order valence-corrected chi connectivity index (χ1v) is 32.4. The molecule has 10 rings (SSSR count). The van der Waals surface area contributed by atoms with Crippen LogP contribution in [0.25, 0.3) is 0 Å². The van der Waals surface area contributed by atoms with Crippen molar-refractivity contribution < 1.29 is 38.1 Å². The second kappa shape index (κ2) is 31.1. The summed E-state index contributed by atoms with van der Waals surface area (Å²) in [6, 6.07) is 20.8. The van der Waals surface area contributed by atoms with Crippen LogP contribution in [-0.4, -0.2) is 186 Å². The summed E-state index contributed by atoms with van der Waals surface area (Å²) in [4.78, 5) is 60.6. The number of amides is 6. The lowest BCUT2D eigenvalue weighted by atomic mass is 9.75. The van der Waals surface area contributed by atoms with Crippen molar-refractivity contribution in [3.05, 3.63) is 136 Å². The molecule has 8 N–H and O–H groups in total. The van der Waals surface area contributed by atoms with Crippen LogP contribution >= 0.6 is 46.4 Å². The molecule has 4 unspecified atom stereocenters. The number of carbonyl (C=O) groups excluding carboxylic acids is 4. The molecule has 0 aromatic heterocycles. The normalized spacial score (nSPS) is 22.1. The van der Waals surface area contributed by atoms with Crippen molar-refractivity contribution in [3.8, 4) is 0 Å². The molecule has 4 aliphatic heterocycles. The highest BCUT2D eigenvalue weighted by atomic mass is 35.5. The predicted octanol–water partition coefficient (Wildman–Crippen LogP) is 8.10. The first-order chi connectivity index (χ1) is 41.8. The number of halogens is 4. The van der Waals surface area contributed by atoms with Gasteiger partial charge < -0.3 is 61.5 Å². The van der Waals surface area contributed by atoms with Crippen molar-refractivity contribution >= 4 is 70.3 Å². The number of rotatable bonds is 27. The quantitative estimate of drug-likeness (QED) is 0.0312. The van der Waals surface area contributed by atoms with Crippen LogP contribution in [0, 0.1) is 0 Å². The third kappa shape index (κ3) is 16.7. The summed E-state index contributed by atoms with van der Waals surface area (Å²) in [5.41, 5.74) is 23.0. The van der Waals surface area contributed by atoms with Gasteiger partial charge in [0.1, 0.15) is 0 Å². The van der Waals surface area contributed by atoms with Crippen LogP contribution in [0.4, 0.5) is 9.59 Å². The van der Waals surface area contributed by atoms with Crippen molar-refractivity contribution in [2.24, 2.45) is 11.5 Å². The summed E-state index contributed by atoms with van der Waals surface area (Å²) >= 11 is 26.8. The number of nitrogens with one attached hydrogen (secondary N) is 4. The van der Waals surface area contributed by atoms with Gasteiger partial charge in [-0.1, -0.05) is 70.7 Å². The Kier molecular flexibility index (Phi) is 23.2. The van der Waals surface area contributed by atoms with Gasteiger partial charge in [0, 0.05) is 133 Å². The average Bonchev–Trinajstić information content (AvgIpc) is 1.28. The third-order valence-electron chi connectivity index (χ3n) is 17.9. The van der Waals surface area contributed by atoms with Gasteiger partial charge in [-0.25, -0.2) is 9.59 Å². The summed E-state index contributed by atoms with van der Waals surface area (Å²) in [6.45, 7) is 10.3. The number of likely N-dealkylation sites (tertiary alicyclic amines) is 2. The Balaban J connectivity index is 0.516. The van der Waals surface area contributed by atoms with Crippen LogP contribution in [0.1, 0.15) is 128 Å². The summed E-state index contributed by atoms with van der Waals surface area (Å²) in [6.07, 6.45) is 9.18. The third-order valence-corrected chi connectivity index (χ3v) is 19.0. The van der Waals surface area contributed by atoms with Crippen LogP contribution in [0.15, 0.2) is 60.7 Å². The fraction of sp³-hybridized carbons (Fsp3) is 0.562. The second-order valence-corrected chi connectivity index (χ2v) is 25.5. The van der Waals surface area contributed by atoms with E-state index in [9.17, 15) is 19.2 Å². The Morgan fingerprint density at radius 1 is 0.523 bits per heavy atom. The van der Waals surface area contributed by atoms with Crippen molar-refractivity contribution in [2.75, 3.05) is 118 Å². The molecular weight excluding hydrogens is 1180 g/mol. The number of piperidine rings is 2. The molecule has 466 valence electrons. The lowest BCUT2D eigenvalue weighted by Crippen LogP contribution is -2.50. The standard InChI is InChI=1S/C64H84Cl4N10O8/c65-45-29-55-51(33-49(35-57(55)59(67)31-45)75-15-3-5-47(69)39-75)41-7-9-43-37-77(61(79)53(43)27-41)17-21-85-25-23-83-19-13-73-63(81)71-11-1-2-12-72-64(82)74-14-20-84-24-26-86-22-18-78-38-44-10-8-42(28-54(44)62(78)80)52-34-50(76-16-4-6-48(70)40-76)36-58-56(52)30-46(66)32-60(58)68/h7-10,27-32,47-52H,1-6,11-26,33-40,69-70H2,(H2,71,73,81)(H2,72,74,82)/t47-,48-,49?,50?,51?,52?/m1/s1. The number of hydrogen-bond donors (Lipinski definition) is 6. The van der Waals surface area contributed by atoms with Crippen LogP contribution in [0.2, 0.25) is 20.1 Å². The zero-order valence-electron chi connectivity index (χ0n) is 49.2. The Hall–Kier alpha value is -4.80. The molecule has 0 bridgehead atoms. The van der Waals surface area contributed by atoms with E-state index in [1.165, 1.54) is 0 Å². The summed E-state index contributed by atoms with van der Waals surface area (Å²) in [7, 11) is 0. The van der Waals surface area contributed by atoms with E-state index < -0.39 is 0 Å². The minimum Gasteiger partial charge on any atom is -0.377 e. The number of nitrogens with zero attached hydrogens (tertiary/aromatic N) is 4. The second-order valence-electron chi connectivity index (χ2n) is 23.8. The smallest absolute Gasteiger partial charge is 0.314 e. The highest BCUT2D eigenvalue weighted by Gasteiger charge is 2.38. The van der Waals surface area contributed by atoms with Crippen LogP contribution in [0.3, 0.4) is 0 Å². The predicted molar refractivity (Wildman–Crippen MR) is 336 cm³/mol. The molecule has 4 aromatic carbocycles. The van der Waals surface area contributed by atoms with Crippen LogP contribution < -0.4 is 32.7 Å². The zero-order valence-corrected chi connectivity index (χ0v) is 52.2. The zero-order chi connectivity index (χ0) is 60.1. The number of hydrogen-bond acceptors (Lipinski definition) is 12. The molecule has 0 radical (unpaired) electrons. The van der Waals surface area contributed by atoms with Crippen molar-refractivity contribution in [1.29, 1.82) is 0 Å². The van der Waals surface area contributed by atoms with Gasteiger partial charge >= 0.3 is 12.1 Å². The lowest BCUT2D eigenvalue weighted by Gasteiger charge is -2.42. The molecular formula is C64H84Cl4N10O8. The van der Waals surface area contributed by atoms with Gasteiger partial charge in [-0.05, 0) is 158 Å². The molecule has 6 amide bonds. The summed E-state index contributed by atoms with van der Waals surface area (Å²) in [5, 5.41) is 13.8. The Labute approximate surface area is 525 Å². The van der Waals surface area contributed by atoms with Gasteiger partial charge in [0.05, 0.1) is 52.9 Å². The van der Waals surface area contributed by atoms with E-state index in [1.54, 1.807) is 0 Å². The topological polar surface area (TPSA) is 218 Å². The molecule has 0 saturated carbocycles. The maximum atomic E-state index is 13.7. The first-order valence-electron chi connectivity index (χ1n) is 30.9. The fourth-order valence-corrected chi connectivity index (χ4v) is 14.6. The minimum absolute atomic E-state index is 0.00429. The number of benzene rings is 4. The lowest BCUT2D eigenvalue weighted by molar-refractivity contribution is 0.0377. The molecule has 6 atom stereocenters. The van der Waals surface area contributed by atoms with Gasteiger partial charge in [0.2, 0.25) is 0 Å². The van der Waals surface area contributed by atoms with E-state index in [2.05, 4.69) is 67.5 Å². The fourth-order valence-electron chi connectivity index (χ4n) is 13.5. The Bertz CT molecular complexity index is 2820. The number of fused-ring (bicyclic) bond motifs is 4. The minimum atomic E-state index is -0.289. The highest BCUT2D eigenvalue weighted by Crippen LogP contribution is 2.46. The van der Waals surface area contributed by atoms with Gasteiger partial charge in [-0.3, -0.25) is 19.4 Å². The van der Waals surface area contributed by atoms with Crippen molar-refractivity contribution in [3.63, 3.8) is 0 Å². The number of ether oxygens (including phenoxy) is 4. The van der Waals surface area contributed by atoms with E-state index >= 15 is 0 Å². The van der Waals surface area contributed by atoms with Gasteiger partial charge in [0.25, 0.3) is 11.8 Å². The SMILES string of the molecule is N[C@@H]1CCCN(C2Cc3c(Cl)cc(Cl)cc3C(c3ccc4c(c3)C(=O)N(CCOCCOCCNC(=O)NCCCCNC(=O)NCCOCCOCCN3Cc5ccc(C6CC(N7CCC[C@@H](N)C7)Cc7c(Cl)cc(Cl)cc76)cc5C3=O)C4)C2)C1. The summed E-state index contributed by atoms with van der Waals surface area (Å²) in [5.74, 6) is 0.121. The molecule has 4 heterocycles. The number of carbonyl (C=O) groups is 4. The monoisotopic (exact) mass is 1260 g/mol. The molecule has 22 heteroatoms. The van der Waals surface area contributed by atoms with Gasteiger partial charge in [-0.15, -0.1) is 0 Å². The highest BCUT2D eigenvalue weighted by molar-refractivity contribution is 6.36. The first kappa shape index (κ1) is 64.2. The average molecular weight is 1260 g/mol. The molecule has 86 heavy (non-hydrogen) atoms. The Morgan fingerprint density at radius 2 is 0.930 bits per heavy atom. The van der Waals surface area contributed by atoms with E-state index in [4.69, 9.17) is 76.8 Å². The van der Waals surface area contributed by atoms with E-state index in [0.29, 0.717) is 150 Å². The largest absolute Gasteiger partial charge is 0.377 e. The maximum absolute atomic E-state index is 13.7. The van der Waals surface area contributed by atoms with Crippen LogP contribution in [0.5, 0.6) is 0 Å². The number of urea groups is 2. The molecule has 2 aliphatic carbocycles. The molecule has 6 aliphatic rings. The molecule has 0 spiro atoms.